The maximum absolute atomic E-state index is 11.4. The topological polar surface area (TPSA) is 90.2 Å². The fraction of sp³-hybridized carbons (Fsp3) is 0.692. The van der Waals surface area contributed by atoms with Crippen molar-refractivity contribution in [3.8, 4) is 0 Å². The molecule has 1 aliphatic rings. The van der Waals surface area contributed by atoms with Crippen LogP contribution in [0.4, 0.5) is 11.5 Å². The number of nitrogens with two attached hydrogens (primary N) is 2. The van der Waals surface area contributed by atoms with Crippen LogP contribution in [-0.4, -0.2) is 28.3 Å². The van der Waals surface area contributed by atoms with Crippen molar-refractivity contribution < 1.29 is 4.79 Å². The van der Waals surface area contributed by atoms with Gasteiger partial charge in [-0.1, -0.05) is 6.92 Å². The average molecular weight is 265 g/mol. The third-order valence-electron chi connectivity index (χ3n) is 4.02. The van der Waals surface area contributed by atoms with Gasteiger partial charge in [0.05, 0.1) is 17.3 Å². The van der Waals surface area contributed by atoms with Crippen molar-refractivity contribution >= 4 is 17.4 Å². The number of carbonyl (C=O) groups is 1. The van der Waals surface area contributed by atoms with Gasteiger partial charge < -0.3 is 16.4 Å². The number of aromatic nitrogens is 2. The number of nitrogen functional groups attached to an aromatic ring is 1. The summed E-state index contributed by atoms with van der Waals surface area (Å²) in [7, 11) is 1.89. The maximum Gasteiger partial charge on any atom is 0.222 e. The van der Waals surface area contributed by atoms with Crippen LogP contribution in [0.3, 0.4) is 0 Å². The van der Waals surface area contributed by atoms with Gasteiger partial charge in [-0.25, -0.2) is 0 Å². The molecule has 1 aromatic rings. The number of hydrogen-bond acceptors (Lipinski definition) is 4. The van der Waals surface area contributed by atoms with Crippen LogP contribution in [0.25, 0.3) is 0 Å². The van der Waals surface area contributed by atoms with Crippen molar-refractivity contribution in [3.05, 3.63) is 5.69 Å². The van der Waals surface area contributed by atoms with Crippen LogP contribution in [-0.2, 0) is 18.3 Å². The molecule has 0 bridgehead atoms. The van der Waals surface area contributed by atoms with E-state index in [0.29, 0.717) is 12.6 Å². The molecule has 0 spiro atoms. The molecular formula is C13H23N5O. The normalized spacial score (nSPS) is 23.6. The van der Waals surface area contributed by atoms with Gasteiger partial charge in [-0.15, -0.1) is 0 Å². The Morgan fingerprint density at radius 2 is 2.16 bits per heavy atom. The van der Waals surface area contributed by atoms with Gasteiger partial charge in [-0.3, -0.25) is 9.48 Å². The summed E-state index contributed by atoms with van der Waals surface area (Å²) in [6, 6.07) is 0.345. The highest BCUT2D eigenvalue weighted by atomic mass is 16.1. The minimum atomic E-state index is -0.228. The smallest absolute Gasteiger partial charge is 0.222 e. The number of amides is 1. The zero-order chi connectivity index (χ0) is 14.2. The van der Waals surface area contributed by atoms with E-state index in [1.807, 2.05) is 18.7 Å². The number of carbonyl (C=O) groups excluding carboxylic acids is 1. The fourth-order valence-corrected chi connectivity index (χ4v) is 2.82. The Morgan fingerprint density at radius 1 is 1.47 bits per heavy atom. The third kappa shape index (κ3) is 2.39. The Morgan fingerprint density at radius 3 is 2.68 bits per heavy atom. The second-order valence-electron chi connectivity index (χ2n) is 5.34. The second kappa shape index (κ2) is 5.11. The molecule has 1 aromatic heterocycles. The van der Waals surface area contributed by atoms with E-state index < -0.39 is 0 Å². The number of piperidine rings is 1. The van der Waals surface area contributed by atoms with Gasteiger partial charge in [-0.2, -0.15) is 5.10 Å². The molecule has 0 radical (unpaired) electrons. The summed E-state index contributed by atoms with van der Waals surface area (Å²) in [4.78, 5) is 13.6. The van der Waals surface area contributed by atoms with Crippen LogP contribution in [0.1, 0.15) is 32.4 Å². The highest BCUT2D eigenvalue weighted by Crippen LogP contribution is 2.33. The Kier molecular flexibility index (Phi) is 3.68. The molecule has 106 valence electrons. The summed E-state index contributed by atoms with van der Waals surface area (Å²) in [6.07, 6.45) is 2.60. The van der Waals surface area contributed by atoms with Crippen LogP contribution in [0, 0.1) is 5.92 Å². The largest absolute Gasteiger partial charge is 0.394 e. The zero-order valence-electron chi connectivity index (χ0n) is 11.9. The quantitative estimate of drug-likeness (QED) is 0.840. The Labute approximate surface area is 113 Å². The van der Waals surface area contributed by atoms with Crippen molar-refractivity contribution in [3.63, 3.8) is 0 Å². The number of anilines is 2. The summed E-state index contributed by atoms with van der Waals surface area (Å²) in [5, 5.41) is 4.44. The van der Waals surface area contributed by atoms with Crippen LogP contribution >= 0.6 is 0 Å². The van der Waals surface area contributed by atoms with E-state index in [-0.39, 0.29) is 11.8 Å². The molecular weight excluding hydrogens is 242 g/mol. The maximum atomic E-state index is 11.4. The number of aryl methyl sites for hydroxylation is 2. The Balaban J connectivity index is 2.33. The van der Waals surface area contributed by atoms with Gasteiger partial charge >= 0.3 is 0 Å². The predicted octanol–water partition coefficient (Wildman–Crippen LogP) is 0.655. The van der Waals surface area contributed by atoms with Gasteiger partial charge in [0.2, 0.25) is 5.91 Å². The summed E-state index contributed by atoms with van der Waals surface area (Å²) >= 11 is 0. The van der Waals surface area contributed by atoms with Crippen LogP contribution in [0.2, 0.25) is 0 Å². The SMILES string of the molecule is CCc1nn(C)c(N2CC(C(N)=O)CCC2C)c1N. The molecule has 4 N–H and O–H groups in total. The molecule has 2 heterocycles. The number of hydrogen-bond donors (Lipinski definition) is 2. The number of nitrogens with zero attached hydrogens (tertiary/aromatic N) is 3. The van der Waals surface area contributed by atoms with Crippen LogP contribution < -0.4 is 16.4 Å². The van der Waals surface area contributed by atoms with Gasteiger partial charge in [0.1, 0.15) is 0 Å². The summed E-state index contributed by atoms with van der Waals surface area (Å²) < 4.78 is 1.81. The minimum Gasteiger partial charge on any atom is -0.394 e. The molecule has 0 aromatic carbocycles. The molecule has 0 saturated carbocycles. The lowest BCUT2D eigenvalue weighted by molar-refractivity contribution is -0.122. The predicted molar refractivity (Wildman–Crippen MR) is 75.7 cm³/mol. The molecule has 19 heavy (non-hydrogen) atoms. The van der Waals surface area contributed by atoms with Crippen LogP contribution in [0.5, 0.6) is 0 Å². The number of primary amides is 1. The highest BCUT2D eigenvalue weighted by molar-refractivity contribution is 5.78. The molecule has 1 amide bonds. The first-order chi connectivity index (χ1) is 8.95. The summed E-state index contributed by atoms with van der Waals surface area (Å²) in [5.74, 6) is 0.583. The van der Waals surface area contributed by atoms with E-state index in [4.69, 9.17) is 11.5 Å². The van der Waals surface area contributed by atoms with Crippen LogP contribution in [0.15, 0.2) is 0 Å². The molecule has 6 heteroatoms. The lowest BCUT2D eigenvalue weighted by Gasteiger charge is -2.38. The fourth-order valence-electron chi connectivity index (χ4n) is 2.82. The molecule has 2 rings (SSSR count). The summed E-state index contributed by atoms with van der Waals surface area (Å²) in [5.41, 5.74) is 13.3. The monoisotopic (exact) mass is 265 g/mol. The Hall–Kier alpha value is -1.72. The van der Waals surface area contributed by atoms with Gasteiger partial charge in [0, 0.05) is 19.6 Å². The second-order valence-corrected chi connectivity index (χ2v) is 5.34. The lowest BCUT2D eigenvalue weighted by atomic mass is 9.93. The molecule has 2 unspecified atom stereocenters. The van der Waals surface area contributed by atoms with Gasteiger partial charge in [0.25, 0.3) is 0 Å². The van der Waals surface area contributed by atoms with E-state index in [1.165, 1.54) is 0 Å². The summed E-state index contributed by atoms with van der Waals surface area (Å²) in [6.45, 7) is 4.81. The van der Waals surface area contributed by atoms with Crippen molar-refractivity contribution in [2.45, 2.75) is 39.2 Å². The molecule has 1 aliphatic heterocycles. The first kappa shape index (κ1) is 13.7. The van der Waals surface area contributed by atoms with Crippen molar-refractivity contribution in [2.75, 3.05) is 17.2 Å². The molecule has 6 nitrogen and oxygen atoms in total. The van der Waals surface area contributed by atoms with E-state index in [9.17, 15) is 4.79 Å². The average Bonchev–Trinajstić information content (AvgIpc) is 2.65. The first-order valence-corrected chi connectivity index (χ1v) is 6.83. The zero-order valence-corrected chi connectivity index (χ0v) is 11.9. The van der Waals surface area contributed by atoms with E-state index in [0.717, 1.165) is 36.5 Å². The highest BCUT2D eigenvalue weighted by Gasteiger charge is 2.31. The lowest BCUT2D eigenvalue weighted by Crippen LogP contribution is -2.46. The third-order valence-corrected chi connectivity index (χ3v) is 4.02. The van der Waals surface area contributed by atoms with Gasteiger partial charge in [-0.05, 0) is 26.2 Å². The minimum absolute atomic E-state index is 0.101. The van der Waals surface area contributed by atoms with Crippen molar-refractivity contribution in [1.82, 2.24) is 9.78 Å². The van der Waals surface area contributed by atoms with E-state index >= 15 is 0 Å². The molecule has 0 aliphatic carbocycles. The van der Waals surface area contributed by atoms with E-state index in [2.05, 4.69) is 16.9 Å². The molecule has 1 saturated heterocycles. The first-order valence-electron chi connectivity index (χ1n) is 6.83. The van der Waals surface area contributed by atoms with Gasteiger partial charge in [0.15, 0.2) is 5.82 Å². The van der Waals surface area contributed by atoms with Crippen molar-refractivity contribution in [1.29, 1.82) is 0 Å². The molecule has 2 atom stereocenters. The van der Waals surface area contributed by atoms with E-state index in [1.54, 1.807) is 0 Å². The Bertz CT molecular complexity index is 482. The molecule has 1 fully saturated rings. The number of rotatable bonds is 3. The standard InChI is InChI=1S/C13H23N5O/c1-4-10-11(14)13(17(3)16-10)18-7-9(12(15)19)6-5-8(18)2/h8-9H,4-7,14H2,1-3H3,(H2,15,19). The van der Waals surface area contributed by atoms with Crippen molar-refractivity contribution in [2.24, 2.45) is 18.7 Å².